The van der Waals surface area contributed by atoms with Crippen LogP contribution in [0.25, 0.3) is 11.8 Å². The first kappa shape index (κ1) is 23.1. The SMILES string of the molecule is COC(=O)C1=C(C)N(C2CCCCC2)C(=O)/C1=C\c1cc(C)n(-c2cc(C)ccc2C)c1C. The van der Waals surface area contributed by atoms with Crippen molar-refractivity contribution in [1.82, 2.24) is 9.47 Å². The molecule has 1 aromatic carbocycles. The highest BCUT2D eigenvalue weighted by Crippen LogP contribution is 2.37. The maximum absolute atomic E-state index is 13.6. The number of carbonyl (C=O) groups excluding carboxylic acids is 2. The van der Waals surface area contributed by atoms with Crippen molar-refractivity contribution in [1.29, 1.82) is 0 Å². The number of hydrogen-bond donors (Lipinski definition) is 0. The molecule has 5 nitrogen and oxygen atoms in total. The molecule has 1 aromatic heterocycles. The molecule has 0 bridgehead atoms. The van der Waals surface area contributed by atoms with Gasteiger partial charge < -0.3 is 14.2 Å². The van der Waals surface area contributed by atoms with Crippen LogP contribution in [0.2, 0.25) is 0 Å². The normalized spacial score (nSPS) is 18.5. The number of allylic oxidation sites excluding steroid dienone is 1. The van der Waals surface area contributed by atoms with Crippen molar-refractivity contribution in [3.8, 4) is 5.69 Å². The van der Waals surface area contributed by atoms with Crippen LogP contribution >= 0.6 is 0 Å². The zero-order valence-electron chi connectivity index (χ0n) is 20.6. The second kappa shape index (κ2) is 9.05. The number of methoxy groups -OCH3 is 1. The van der Waals surface area contributed by atoms with E-state index in [-0.39, 0.29) is 11.9 Å². The molecule has 4 rings (SSSR count). The van der Waals surface area contributed by atoms with Gasteiger partial charge in [-0.05, 0) is 82.4 Å². The summed E-state index contributed by atoms with van der Waals surface area (Å²) in [7, 11) is 1.38. The van der Waals surface area contributed by atoms with E-state index in [1.807, 2.05) is 17.9 Å². The molecule has 0 N–H and O–H groups in total. The average Bonchev–Trinajstić information content (AvgIpc) is 3.21. The van der Waals surface area contributed by atoms with Crippen molar-refractivity contribution in [2.24, 2.45) is 0 Å². The van der Waals surface area contributed by atoms with Crippen molar-refractivity contribution in [2.75, 3.05) is 7.11 Å². The molecular formula is C28H34N2O3. The van der Waals surface area contributed by atoms with Gasteiger partial charge in [0.2, 0.25) is 0 Å². The molecule has 5 heteroatoms. The number of esters is 1. The van der Waals surface area contributed by atoms with Gasteiger partial charge in [-0.15, -0.1) is 0 Å². The largest absolute Gasteiger partial charge is 0.465 e. The Morgan fingerprint density at radius 1 is 1.03 bits per heavy atom. The lowest BCUT2D eigenvalue weighted by Crippen LogP contribution is -2.37. The highest BCUT2D eigenvalue weighted by atomic mass is 16.5. The maximum atomic E-state index is 13.6. The summed E-state index contributed by atoms with van der Waals surface area (Å²) >= 11 is 0. The topological polar surface area (TPSA) is 51.5 Å². The third kappa shape index (κ3) is 4.05. The number of benzene rings is 1. The number of aromatic nitrogens is 1. The van der Waals surface area contributed by atoms with Gasteiger partial charge in [0.25, 0.3) is 5.91 Å². The summed E-state index contributed by atoms with van der Waals surface area (Å²) in [5, 5.41) is 0. The van der Waals surface area contributed by atoms with Crippen LogP contribution in [0.4, 0.5) is 0 Å². The Labute approximate surface area is 196 Å². The fourth-order valence-corrected chi connectivity index (χ4v) is 5.40. The van der Waals surface area contributed by atoms with Gasteiger partial charge in [0, 0.05) is 28.8 Å². The number of aryl methyl sites for hydroxylation is 3. The summed E-state index contributed by atoms with van der Waals surface area (Å²) in [6.45, 7) is 10.2. The maximum Gasteiger partial charge on any atom is 0.340 e. The average molecular weight is 447 g/mol. The molecule has 0 spiro atoms. The Hall–Kier alpha value is -3.08. The summed E-state index contributed by atoms with van der Waals surface area (Å²) in [5.41, 5.74) is 8.13. The Morgan fingerprint density at radius 2 is 1.73 bits per heavy atom. The summed E-state index contributed by atoms with van der Waals surface area (Å²) in [6.07, 6.45) is 7.28. The lowest BCUT2D eigenvalue weighted by molar-refractivity contribution is -0.136. The number of hydrogen-bond acceptors (Lipinski definition) is 3. The number of nitrogens with zero attached hydrogens (tertiary/aromatic N) is 2. The minimum atomic E-state index is -0.450. The number of carbonyl (C=O) groups is 2. The lowest BCUT2D eigenvalue weighted by Gasteiger charge is -2.32. The van der Waals surface area contributed by atoms with Crippen LogP contribution in [0.5, 0.6) is 0 Å². The molecule has 1 amide bonds. The molecule has 0 atom stereocenters. The molecule has 174 valence electrons. The quantitative estimate of drug-likeness (QED) is 0.446. The summed E-state index contributed by atoms with van der Waals surface area (Å²) in [6, 6.07) is 8.67. The van der Waals surface area contributed by atoms with E-state index in [4.69, 9.17) is 4.74 Å². The zero-order valence-corrected chi connectivity index (χ0v) is 20.6. The van der Waals surface area contributed by atoms with E-state index in [1.165, 1.54) is 24.7 Å². The third-order valence-corrected chi connectivity index (χ3v) is 7.15. The van der Waals surface area contributed by atoms with Crippen LogP contribution in [-0.4, -0.2) is 34.5 Å². The zero-order chi connectivity index (χ0) is 23.9. The molecule has 0 radical (unpaired) electrons. The molecule has 1 fully saturated rings. The van der Waals surface area contributed by atoms with E-state index in [0.29, 0.717) is 16.8 Å². The van der Waals surface area contributed by atoms with Crippen molar-refractivity contribution in [3.63, 3.8) is 0 Å². The van der Waals surface area contributed by atoms with Gasteiger partial charge in [-0.1, -0.05) is 31.4 Å². The first-order valence-electron chi connectivity index (χ1n) is 11.9. The van der Waals surface area contributed by atoms with E-state index in [1.54, 1.807) is 0 Å². The van der Waals surface area contributed by atoms with E-state index in [2.05, 4.69) is 56.5 Å². The van der Waals surface area contributed by atoms with E-state index >= 15 is 0 Å². The lowest BCUT2D eigenvalue weighted by atomic mass is 9.94. The molecular weight excluding hydrogens is 412 g/mol. The number of rotatable bonds is 4. The minimum Gasteiger partial charge on any atom is -0.465 e. The molecule has 1 aliphatic heterocycles. The van der Waals surface area contributed by atoms with Gasteiger partial charge in [-0.25, -0.2) is 4.79 Å². The van der Waals surface area contributed by atoms with Crippen LogP contribution in [0.3, 0.4) is 0 Å². The van der Waals surface area contributed by atoms with Gasteiger partial charge >= 0.3 is 5.97 Å². The van der Waals surface area contributed by atoms with E-state index in [9.17, 15) is 9.59 Å². The Bertz CT molecular complexity index is 1180. The van der Waals surface area contributed by atoms with Crippen molar-refractivity contribution >= 4 is 18.0 Å². The molecule has 2 aliphatic rings. The van der Waals surface area contributed by atoms with E-state index in [0.717, 1.165) is 48.3 Å². The molecule has 1 aliphatic carbocycles. The predicted octanol–water partition coefficient (Wildman–Crippen LogP) is 5.72. The van der Waals surface area contributed by atoms with E-state index < -0.39 is 5.97 Å². The van der Waals surface area contributed by atoms with Gasteiger partial charge in [0.1, 0.15) is 0 Å². The monoisotopic (exact) mass is 446 g/mol. The second-order valence-corrected chi connectivity index (χ2v) is 9.43. The Morgan fingerprint density at radius 3 is 2.39 bits per heavy atom. The molecule has 0 unspecified atom stereocenters. The molecule has 33 heavy (non-hydrogen) atoms. The molecule has 2 aromatic rings. The molecule has 2 heterocycles. The second-order valence-electron chi connectivity index (χ2n) is 9.43. The van der Waals surface area contributed by atoms with Gasteiger partial charge in [-0.3, -0.25) is 4.79 Å². The standard InChI is InChI=1S/C28H34N2O3/c1-17-12-13-18(2)25(14-17)29-19(3)15-22(20(29)4)16-24-26(28(32)33-6)21(5)30(27(24)31)23-10-8-7-9-11-23/h12-16,23H,7-11H2,1-6H3/b24-16-. The molecule has 1 saturated carbocycles. The highest BCUT2D eigenvalue weighted by molar-refractivity contribution is 6.16. The Balaban J connectivity index is 1.81. The van der Waals surface area contributed by atoms with Crippen LogP contribution in [0.1, 0.15) is 67.1 Å². The fourth-order valence-electron chi connectivity index (χ4n) is 5.40. The van der Waals surface area contributed by atoms with Crippen molar-refractivity contribution in [2.45, 2.75) is 72.8 Å². The predicted molar refractivity (Wildman–Crippen MR) is 131 cm³/mol. The van der Waals surface area contributed by atoms with Crippen LogP contribution in [-0.2, 0) is 14.3 Å². The first-order valence-corrected chi connectivity index (χ1v) is 11.9. The van der Waals surface area contributed by atoms with Gasteiger partial charge in [0.05, 0.1) is 18.3 Å². The van der Waals surface area contributed by atoms with Gasteiger partial charge in [0.15, 0.2) is 0 Å². The number of ether oxygens (including phenoxy) is 1. The summed E-state index contributed by atoms with van der Waals surface area (Å²) in [5.74, 6) is -0.537. The van der Waals surface area contributed by atoms with Crippen LogP contribution < -0.4 is 0 Å². The summed E-state index contributed by atoms with van der Waals surface area (Å²) < 4.78 is 7.32. The fraction of sp³-hybridized carbons (Fsp3) is 0.429. The van der Waals surface area contributed by atoms with Crippen LogP contribution in [0.15, 0.2) is 41.1 Å². The van der Waals surface area contributed by atoms with Crippen LogP contribution in [0, 0.1) is 27.7 Å². The first-order chi connectivity index (χ1) is 15.7. The summed E-state index contributed by atoms with van der Waals surface area (Å²) in [4.78, 5) is 28.2. The third-order valence-electron chi connectivity index (χ3n) is 7.15. The Kier molecular flexibility index (Phi) is 6.33. The van der Waals surface area contributed by atoms with Crippen molar-refractivity contribution in [3.05, 3.63) is 69.2 Å². The van der Waals surface area contributed by atoms with Gasteiger partial charge in [-0.2, -0.15) is 0 Å². The van der Waals surface area contributed by atoms with Crippen molar-refractivity contribution < 1.29 is 14.3 Å². The molecule has 0 saturated heterocycles. The number of amides is 1. The highest BCUT2D eigenvalue weighted by Gasteiger charge is 2.40. The smallest absolute Gasteiger partial charge is 0.340 e. The minimum absolute atomic E-state index is 0.0867.